The van der Waals surface area contributed by atoms with Gasteiger partial charge in [-0.05, 0) is 42.8 Å². The molecule has 0 bridgehead atoms. The van der Waals surface area contributed by atoms with Crippen molar-refractivity contribution in [1.29, 1.82) is 5.26 Å². The maximum Gasteiger partial charge on any atom is 0.273 e. The van der Waals surface area contributed by atoms with Crippen molar-refractivity contribution in [3.63, 3.8) is 0 Å². The Morgan fingerprint density at radius 3 is 2.66 bits per heavy atom. The van der Waals surface area contributed by atoms with Crippen LogP contribution in [0.2, 0.25) is 0 Å². The first kappa shape index (κ1) is 21.2. The quantitative estimate of drug-likeness (QED) is 0.453. The van der Waals surface area contributed by atoms with Gasteiger partial charge in [-0.1, -0.05) is 24.3 Å². The highest BCUT2D eigenvalue weighted by molar-refractivity contribution is 7.07. The number of hydrogen-bond acceptors (Lipinski definition) is 5. The van der Waals surface area contributed by atoms with E-state index in [0.29, 0.717) is 15.8 Å². The summed E-state index contributed by atoms with van der Waals surface area (Å²) >= 11 is 1.01. The fraction of sp³-hybridized carbons (Fsp3) is 0.0833. The molecule has 6 nitrogen and oxygen atoms in total. The Balaban J connectivity index is 2.08. The number of nitriles is 1. The lowest BCUT2D eigenvalue weighted by Gasteiger charge is -2.05. The number of nitrogens with zero attached hydrogens (tertiary/aromatic N) is 4. The minimum absolute atomic E-state index is 0.145. The molecule has 8 heteroatoms. The second-order valence-electron chi connectivity index (χ2n) is 7.14. The smallest absolute Gasteiger partial charge is 0.273 e. The number of ketones is 1. The summed E-state index contributed by atoms with van der Waals surface area (Å²) in [5, 5.41) is 14.0. The fourth-order valence-electron chi connectivity index (χ4n) is 3.29. The number of carbonyl (C=O) groups excluding carboxylic acids is 1. The van der Waals surface area contributed by atoms with Crippen molar-refractivity contribution in [2.75, 3.05) is 0 Å². The number of hydrogen-bond donors (Lipinski definition) is 0. The Labute approximate surface area is 186 Å². The molecule has 0 amide bonds. The number of Topliss-reactive ketones (excluding diaryl/α,β-unsaturated/α-hetero) is 1. The van der Waals surface area contributed by atoms with Gasteiger partial charge >= 0.3 is 0 Å². The minimum Gasteiger partial charge on any atom is -0.288 e. The summed E-state index contributed by atoms with van der Waals surface area (Å²) in [5.74, 6) is -1.51. The lowest BCUT2D eigenvalue weighted by molar-refractivity contribution is 0.105. The Hall–Kier alpha value is -4.09. The zero-order chi connectivity index (χ0) is 22.8. The maximum absolute atomic E-state index is 14.3. The van der Waals surface area contributed by atoms with Crippen molar-refractivity contribution in [3.05, 3.63) is 103 Å². The van der Waals surface area contributed by atoms with E-state index in [0.717, 1.165) is 23.0 Å². The van der Waals surface area contributed by atoms with Crippen LogP contribution in [-0.4, -0.2) is 20.1 Å². The lowest BCUT2D eigenvalue weighted by atomic mass is 10.0. The van der Waals surface area contributed by atoms with E-state index >= 15 is 0 Å². The molecule has 0 atom stereocenters. The van der Waals surface area contributed by atoms with E-state index in [9.17, 15) is 19.2 Å². The van der Waals surface area contributed by atoms with E-state index < -0.39 is 11.6 Å². The third-order valence-corrected chi connectivity index (χ3v) is 5.87. The van der Waals surface area contributed by atoms with Gasteiger partial charge in [0.1, 0.15) is 22.1 Å². The van der Waals surface area contributed by atoms with Gasteiger partial charge in [0, 0.05) is 18.8 Å². The summed E-state index contributed by atoms with van der Waals surface area (Å²) in [6.45, 7) is 1.88. The van der Waals surface area contributed by atoms with Gasteiger partial charge < -0.3 is 0 Å². The van der Waals surface area contributed by atoms with Crippen molar-refractivity contribution in [3.8, 4) is 11.8 Å². The van der Waals surface area contributed by atoms with Crippen LogP contribution in [0.4, 0.5) is 4.39 Å². The number of aryl methyl sites for hydroxylation is 2. The van der Waals surface area contributed by atoms with Crippen LogP contribution >= 0.6 is 11.3 Å². The molecule has 4 rings (SSSR count). The molecule has 0 aliphatic rings. The van der Waals surface area contributed by atoms with E-state index in [1.165, 1.54) is 22.8 Å². The summed E-state index contributed by atoms with van der Waals surface area (Å²) in [4.78, 5) is 26.5. The first-order valence-corrected chi connectivity index (χ1v) is 10.4. The molecule has 0 radical (unpaired) electrons. The number of halogens is 1. The molecule has 0 unspecified atom stereocenters. The van der Waals surface area contributed by atoms with E-state index in [2.05, 4.69) is 5.10 Å². The second kappa shape index (κ2) is 8.57. The molecule has 32 heavy (non-hydrogen) atoms. The first-order valence-electron chi connectivity index (χ1n) is 9.62. The number of rotatable bonds is 4. The molecule has 2 aromatic carbocycles. The van der Waals surface area contributed by atoms with Crippen LogP contribution in [0.1, 0.15) is 21.5 Å². The third-order valence-electron chi connectivity index (χ3n) is 4.78. The van der Waals surface area contributed by atoms with Gasteiger partial charge in [0.15, 0.2) is 0 Å². The maximum atomic E-state index is 14.3. The molecule has 0 spiro atoms. The van der Waals surface area contributed by atoms with Gasteiger partial charge in [-0.15, -0.1) is 11.3 Å². The Morgan fingerprint density at radius 1 is 1.22 bits per heavy atom. The molecule has 4 aromatic rings. The summed E-state index contributed by atoms with van der Waals surface area (Å²) in [6.07, 6.45) is 5.00. The molecular formula is C24H17FN4O2S. The number of carbonyl (C=O) groups is 1. The number of benzene rings is 2. The highest BCUT2D eigenvalue weighted by Gasteiger charge is 2.21. The van der Waals surface area contributed by atoms with Crippen LogP contribution in [0.25, 0.3) is 17.3 Å². The highest BCUT2D eigenvalue weighted by atomic mass is 32.1. The molecule has 0 fully saturated rings. The van der Waals surface area contributed by atoms with E-state index in [1.807, 2.05) is 19.1 Å². The molecule has 0 saturated carbocycles. The van der Waals surface area contributed by atoms with Crippen molar-refractivity contribution in [1.82, 2.24) is 14.3 Å². The van der Waals surface area contributed by atoms with E-state index in [1.54, 1.807) is 48.4 Å². The average molecular weight is 444 g/mol. The van der Waals surface area contributed by atoms with Gasteiger partial charge in [0.25, 0.3) is 5.56 Å². The summed E-state index contributed by atoms with van der Waals surface area (Å²) < 4.78 is 17.7. The number of aromatic nitrogens is 3. The standard InChI is InChI=1S/C24H17FN4O2S/c1-15-6-5-7-17(10-15)29-23(31)21(11-16-13-27-28(2)14-16)32-24(29)19(12-26)22(30)18-8-3-4-9-20(18)25/h3-11,13-14H,1-2H3. The topological polar surface area (TPSA) is 80.7 Å². The van der Waals surface area contributed by atoms with Crippen LogP contribution in [0, 0.1) is 24.1 Å². The van der Waals surface area contributed by atoms with Crippen LogP contribution in [0.3, 0.4) is 0 Å². The Morgan fingerprint density at radius 2 is 2.00 bits per heavy atom. The Bertz CT molecular complexity index is 1570. The second-order valence-corrected chi connectivity index (χ2v) is 8.17. The van der Waals surface area contributed by atoms with Crippen LogP contribution < -0.4 is 14.8 Å². The van der Waals surface area contributed by atoms with Crippen molar-refractivity contribution in [2.24, 2.45) is 7.05 Å². The monoisotopic (exact) mass is 444 g/mol. The predicted molar refractivity (Wildman–Crippen MR) is 120 cm³/mol. The van der Waals surface area contributed by atoms with Crippen LogP contribution in [0.5, 0.6) is 0 Å². The Kier molecular flexibility index (Phi) is 5.67. The third kappa shape index (κ3) is 3.94. The van der Waals surface area contributed by atoms with Crippen molar-refractivity contribution in [2.45, 2.75) is 6.92 Å². The zero-order valence-electron chi connectivity index (χ0n) is 17.2. The van der Waals surface area contributed by atoms with Gasteiger partial charge in [-0.2, -0.15) is 10.4 Å². The molecule has 2 aromatic heterocycles. The summed E-state index contributed by atoms with van der Waals surface area (Å²) in [7, 11) is 1.76. The minimum atomic E-state index is -0.777. The van der Waals surface area contributed by atoms with E-state index in [4.69, 9.17) is 0 Å². The van der Waals surface area contributed by atoms with Gasteiger partial charge in [0.05, 0.1) is 22.0 Å². The predicted octanol–water partition coefficient (Wildman–Crippen LogP) is 2.47. The largest absolute Gasteiger partial charge is 0.288 e. The number of thiazole rings is 1. The van der Waals surface area contributed by atoms with Gasteiger partial charge in [-0.25, -0.2) is 4.39 Å². The van der Waals surface area contributed by atoms with Gasteiger partial charge in [-0.3, -0.25) is 18.8 Å². The molecule has 0 N–H and O–H groups in total. The molecule has 0 saturated heterocycles. The summed E-state index contributed by atoms with van der Waals surface area (Å²) in [5.41, 5.74) is 1.22. The highest BCUT2D eigenvalue weighted by Crippen LogP contribution is 2.13. The molecule has 0 aliphatic heterocycles. The SMILES string of the molecule is Cc1cccc(-n2c(=C(C#N)C(=O)c3ccccc3F)sc(=Cc3cnn(C)c3)c2=O)c1. The normalized spacial score (nSPS) is 12.5. The van der Waals surface area contributed by atoms with Crippen LogP contribution in [0.15, 0.2) is 65.7 Å². The lowest BCUT2D eigenvalue weighted by Crippen LogP contribution is -2.31. The van der Waals surface area contributed by atoms with E-state index in [-0.39, 0.29) is 21.4 Å². The van der Waals surface area contributed by atoms with Crippen molar-refractivity contribution >= 4 is 28.8 Å². The first-order chi connectivity index (χ1) is 15.4. The fourth-order valence-corrected chi connectivity index (χ4v) is 4.40. The van der Waals surface area contributed by atoms with Gasteiger partial charge in [0.2, 0.25) is 5.78 Å². The average Bonchev–Trinajstić information content (AvgIpc) is 3.32. The molecule has 158 valence electrons. The molecule has 2 heterocycles. The molecule has 0 aliphatic carbocycles. The summed E-state index contributed by atoms with van der Waals surface area (Å²) in [6, 6.07) is 14.5. The van der Waals surface area contributed by atoms with Crippen molar-refractivity contribution < 1.29 is 9.18 Å². The zero-order valence-corrected chi connectivity index (χ0v) is 18.1. The molecular weight excluding hydrogens is 427 g/mol. The van der Waals surface area contributed by atoms with Crippen LogP contribution in [-0.2, 0) is 7.05 Å².